The van der Waals surface area contributed by atoms with Gasteiger partial charge in [0.2, 0.25) is 5.95 Å². The van der Waals surface area contributed by atoms with Crippen LogP contribution in [-0.2, 0) is 0 Å². The lowest BCUT2D eigenvalue weighted by molar-refractivity contribution is -0.385. The molecule has 0 aliphatic heterocycles. The van der Waals surface area contributed by atoms with Gasteiger partial charge in [-0.1, -0.05) is 29.3 Å². The number of rotatable bonds is 8. The maximum atomic E-state index is 10.8. The molecule has 0 bridgehead atoms. The monoisotopic (exact) mass is 592 g/mol. The molecule has 0 unspecified atom stereocenters. The van der Waals surface area contributed by atoms with Gasteiger partial charge < -0.3 is 15.6 Å². The van der Waals surface area contributed by atoms with Crippen LogP contribution < -0.4 is 10.6 Å². The molecule has 0 amide bonds. The van der Waals surface area contributed by atoms with Crippen LogP contribution >= 0.6 is 48.0 Å². The third-order valence-electron chi connectivity index (χ3n) is 5.38. The van der Waals surface area contributed by atoms with E-state index in [2.05, 4.69) is 30.6 Å². The summed E-state index contributed by atoms with van der Waals surface area (Å²) >= 11 is 12.7. The number of halogens is 4. The molecule has 0 aliphatic rings. The molecular formula is C24H20Cl4N8O2. The van der Waals surface area contributed by atoms with E-state index in [0.29, 0.717) is 40.6 Å². The van der Waals surface area contributed by atoms with Gasteiger partial charge in [-0.3, -0.25) is 10.1 Å². The minimum Gasteiger partial charge on any atom is -0.368 e. The lowest BCUT2D eigenvalue weighted by atomic mass is 10.0. The van der Waals surface area contributed by atoms with E-state index in [-0.39, 0.29) is 30.5 Å². The smallest absolute Gasteiger partial charge is 0.287 e. The molecule has 5 rings (SSSR count). The highest BCUT2D eigenvalue weighted by Crippen LogP contribution is 2.36. The molecule has 0 atom stereocenters. The minimum absolute atomic E-state index is 0. The van der Waals surface area contributed by atoms with Crippen LogP contribution in [0.1, 0.15) is 0 Å². The van der Waals surface area contributed by atoms with E-state index in [1.165, 1.54) is 12.3 Å². The number of aromatic amines is 1. The van der Waals surface area contributed by atoms with Gasteiger partial charge in [0.05, 0.1) is 33.0 Å². The number of hydrogen-bond donors (Lipinski definition) is 3. The minimum atomic E-state index is -0.489. The first-order chi connectivity index (χ1) is 17.5. The Morgan fingerprint density at radius 1 is 0.895 bits per heavy atom. The quantitative estimate of drug-likeness (QED) is 0.103. The lowest BCUT2D eigenvalue weighted by Gasteiger charge is -2.13. The second-order valence-corrected chi connectivity index (χ2v) is 8.57. The molecule has 3 aromatic heterocycles. The number of H-pyrrole nitrogens is 1. The predicted molar refractivity (Wildman–Crippen MR) is 155 cm³/mol. The van der Waals surface area contributed by atoms with Crippen LogP contribution in [0.3, 0.4) is 0 Å². The predicted octanol–water partition coefficient (Wildman–Crippen LogP) is 6.66. The van der Waals surface area contributed by atoms with Gasteiger partial charge in [-0.2, -0.15) is 0 Å². The van der Waals surface area contributed by atoms with Crippen LogP contribution in [0.2, 0.25) is 10.0 Å². The second-order valence-electron chi connectivity index (χ2n) is 7.73. The van der Waals surface area contributed by atoms with Crippen molar-refractivity contribution in [3.63, 3.8) is 0 Å². The Hall–Kier alpha value is -3.70. The summed E-state index contributed by atoms with van der Waals surface area (Å²) in [6.45, 7) is 0.966. The van der Waals surface area contributed by atoms with Crippen molar-refractivity contribution in [2.24, 2.45) is 0 Å². The summed E-state index contributed by atoms with van der Waals surface area (Å²) in [4.78, 5) is 31.0. The van der Waals surface area contributed by atoms with E-state index in [9.17, 15) is 10.1 Å². The van der Waals surface area contributed by atoms with Crippen molar-refractivity contribution < 1.29 is 4.92 Å². The fourth-order valence-electron chi connectivity index (χ4n) is 3.63. The standard InChI is InChI=1S/C24H18Cl2N8O2.2ClH/c25-15-2-4-17(19(26)10-15)23-18(14-1-5-20-21(9-14)32-13-31-20)12-30-24(33-23)28-8-7-27-22-6-3-16(11-29-22)34(35)36;;/h1-6,9-13H,7-8H2,(H,27,29)(H,31,32)(H,28,30,33);2*1H. The summed E-state index contributed by atoms with van der Waals surface area (Å²) in [5.74, 6) is 0.945. The number of pyridine rings is 1. The number of aromatic nitrogens is 5. The van der Waals surface area contributed by atoms with E-state index in [1.54, 1.807) is 30.7 Å². The van der Waals surface area contributed by atoms with E-state index in [0.717, 1.165) is 27.7 Å². The van der Waals surface area contributed by atoms with Gasteiger partial charge in [-0.15, -0.1) is 24.8 Å². The summed E-state index contributed by atoms with van der Waals surface area (Å²) in [7, 11) is 0. The van der Waals surface area contributed by atoms with E-state index >= 15 is 0 Å². The highest BCUT2D eigenvalue weighted by atomic mass is 35.5. The van der Waals surface area contributed by atoms with Crippen LogP contribution in [0, 0.1) is 10.1 Å². The molecule has 0 saturated carbocycles. The van der Waals surface area contributed by atoms with Crippen molar-refractivity contribution in [2.45, 2.75) is 0 Å². The van der Waals surface area contributed by atoms with Crippen molar-refractivity contribution in [3.05, 3.63) is 87.4 Å². The number of nitrogens with one attached hydrogen (secondary N) is 3. The van der Waals surface area contributed by atoms with Crippen molar-refractivity contribution in [1.82, 2.24) is 24.9 Å². The number of anilines is 2. The summed E-state index contributed by atoms with van der Waals surface area (Å²) in [5.41, 5.74) is 4.75. The molecule has 196 valence electrons. The molecule has 0 fully saturated rings. The zero-order valence-electron chi connectivity index (χ0n) is 19.4. The Kier molecular flexibility index (Phi) is 9.65. The van der Waals surface area contributed by atoms with Crippen molar-refractivity contribution in [3.8, 4) is 22.4 Å². The summed E-state index contributed by atoms with van der Waals surface area (Å²) < 4.78 is 0. The maximum absolute atomic E-state index is 10.8. The molecule has 14 heteroatoms. The molecular weight excluding hydrogens is 574 g/mol. The first-order valence-corrected chi connectivity index (χ1v) is 11.6. The normalized spacial score (nSPS) is 10.4. The van der Waals surface area contributed by atoms with Crippen molar-refractivity contribution in [2.75, 3.05) is 23.7 Å². The highest BCUT2D eigenvalue weighted by Gasteiger charge is 2.16. The van der Waals surface area contributed by atoms with E-state index in [1.807, 2.05) is 24.3 Å². The van der Waals surface area contributed by atoms with E-state index in [4.69, 9.17) is 28.2 Å². The Balaban J connectivity index is 0.00000200. The van der Waals surface area contributed by atoms with Crippen molar-refractivity contribution >= 4 is 76.5 Å². The Morgan fingerprint density at radius 2 is 1.71 bits per heavy atom. The van der Waals surface area contributed by atoms with E-state index < -0.39 is 4.92 Å². The Labute approximate surface area is 239 Å². The summed E-state index contributed by atoms with van der Waals surface area (Å²) in [6.07, 6.45) is 4.60. The SMILES string of the molecule is Cl.Cl.O=[N+]([O-])c1ccc(NCCNc2ncc(-c3ccc4[nH]cnc4c3)c(-c3ccc(Cl)cc3Cl)n2)nc1. The highest BCUT2D eigenvalue weighted by molar-refractivity contribution is 6.36. The molecule has 10 nitrogen and oxygen atoms in total. The van der Waals surface area contributed by atoms with Crippen LogP contribution in [0.25, 0.3) is 33.4 Å². The fraction of sp³-hybridized carbons (Fsp3) is 0.0833. The molecule has 0 saturated heterocycles. The molecule has 3 N–H and O–H groups in total. The third-order valence-corrected chi connectivity index (χ3v) is 5.93. The van der Waals surface area contributed by atoms with Crippen LogP contribution in [0.5, 0.6) is 0 Å². The van der Waals surface area contributed by atoms with Crippen LogP contribution in [-0.4, -0.2) is 42.9 Å². The maximum Gasteiger partial charge on any atom is 0.287 e. The van der Waals surface area contributed by atoms with Gasteiger partial charge in [-0.05, 0) is 42.0 Å². The molecule has 0 aliphatic carbocycles. The first kappa shape index (κ1) is 28.9. The number of hydrogen-bond acceptors (Lipinski definition) is 8. The van der Waals surface area contributed by atoms with Crippen LogP contribution in [0.15, 0.2) is 67.3 Å². The lowest BCUT2D eigenvalue weighted by Crippen LogP contribution is -2.16. The van der Waals surface area contributed by atoms with Gasteiger partial charge in [-0.25, -0.2) is 19.9 Å². The van der Waals surface area contributed by atoms with Crippen molar-refractivity contribution in [1.29, 1.82) is 0 Å². The Bertz CT molecular complexity index is 1560. The molecule has 2 aromatic carbocycles. The fourth-order valence-corrected chi connectivity index (χ4v) is 4.13. The molecule has 5 aromatic rings. The van der Waals surface area contributed by atoms with Gasteiger partial charge in [0.1, 0.15) is 12.0 Å². The zero-order valence-corrected chi connectivity index (χ0v) is 22.5. The largest absolute Gasteiger partial charge is 0.368 e. The van der Waals surface area contributed by atoms with Gasteiger partial charge in [0.25, 0.3) is 5.69 Å². The first-order valence-electron chi connectivity index (χ1n) is 10.8. The number of benzene rings is 2. The van der Waals surface area contributed by atoms with Gasteiger partial charge in [0.15, 0.2) is 0 Å². The zero-order chi connectivity index (χ0) is 25.1. The summed E-state index contributed by atoms with van der Waals surface area (Å²) in [5, 5.41) is 18.0. The average molecular weight is 594 g/mol. The number of nitro groups is 1. The summed E-state index contributed by atoms with van der Waals surface area (Å²) in [6, 6.07) is 14.1. The topological polar surface area (TPSA) is 135 Å². The van der Waals surface area contributed by atoms with Gasteiger partial charge >= 0.3 is 0 Å². The average Bonchev–Trinajstić information content (AvgIpc) is 3.35. The number of nitrogens with zero attached hydrogens (tertiary/aromatic N) is 5. The molecule has 3 heterocycles. The van der Waals surface area contributed by atoms with Crippen LogP contribution in [0.4, 0.5) is 17.5 Å². The Morgan fingerprint density at radius 3 is 2.45 bits per heavy atom. The number of fused-ring (bicyclic) bond motifs is 1. The number of imidazole rings is 1. The second kappa shape index (κ2) is 12.7. The van der Waals surface area contributed by atoms with Gasteiger partial charge in [0, 0.05) is 41.5 Å². The third kappa shape index (κ3) is 6.40. The molecule has 38 heavy (non-hydrogen) atoms. The molecule has 0 spiro atoms. The molecule has 0 radical (unpaired) electrons.